The summed E-state index contributed by atoms with van der Waals surface area (Å²) in [6.07, 6.45) is 0. The molecule has 3 aromatic rings. The number of rotatable bonds is 4. The van der Waals surface area contributed by atoms with Crippen molar-refractivity contribution in [3.8, 4) is 5.75 Å². The van der Waals surface area contributed by atoms with E-state index in [1.165, 1.54) is 0 Å². The fourth-order valence-electron chi connectivity index (χ4n) is 2.34. The van der Waals surface area contributed by atoms with Gasteiger partial charge in [-0.3, -0.25) is 0 Å². The van der Waals surface area contributed by atoms with Crippen LogP contribution in [0.3, 0.4) is 0 Å². The zero-order chi connectivity index (χ0) is 15.9. The van der Waals surface area contributed by atoms with Crippen LogP contribution in [-0.4, -0.2) is 13.0 Å². The van der Waals surface area contributed by atoms with Gasteiger partial charge < -0.3 is 4.74 Å². The van der Waals surface area contributed by atoms with Gasteiger partial charge in [-0.1, -0.05) is 72.8 Å². The summed E-state index contributed by atoms with van der Waals surface area (Å²) in [7, 11) is 1.65. The predicted molar refractivity (Wildman–Crippen MR) is 95.5 cm³/mol. The molecule has 0 aliphatic rings. The zero-order valence-electron chi connectivity index (χ0n) is 12.9. The highest BCUT2D eigenvalue weighted by Gasteiger charge is 2.04. The smallest absolute Gasteiger partial charge is 0.145 e. The summed E-state index contributed by atoms with van der Waals surface area (Å²) in [4.78, 5) is 4.52. The first-order valence-electron chi connectivity index (χ1n) is 7.46. The van der Waals surface area contributed by atoms with Crippen LogP contribution in [0.2, 0.25) is 0 Å². The summed E-state index contributed by atoms with van der Waals surface area (Å²) in [5.41, 5.74) is 3.88. The molecule has 0 unspecified atom stereocenters. The van der Waals surface area contributed by atoms with Crippen LogP contribution in [0.15, 0.2) is 89.9 Å². The van der Waals surface area contributed by atoms with E-state index in [4.69, 9.17) is 4.74 Å². The van der Waals surface area contributed by atoms with Crippen LogP contribution in [0.25, 0.3) is 5.57 Å². The third-order valence-corrected chi connectivity index (χ3v) is 3.50. The maximum absolute atomic E-state index is 5.35. The van der Waals surface area contributed by atoms with Crippen molar-refractivity contribution < 1.29 is 4.74 Å². The standard InChI is InChI=1S/C21H17NO/c1-23-21-15-9-8-14-20(21)22-16-19(17-10-4-2-5-11-17)18-12-6-3-7-13-18/h2-15H,1H3. The fourth-order valence-corrected chi connectivity index (χ4v) is 2.34. The monoisotopic (exact) mass is 299 g/mol. The molecule has 3 rings (SSSR count). The van der Waals surface area contributed by atoms with Crippen molar-refractivity contribution in [1.29, 1.82) is 0 Å². The average molecular weight is 299 g/mol. The van der Waals surface area contributed by atoms with Crippen LogP contribution in [-0.2, 0) is 0 Å². The average Bonchev–Trinajstić information content (AvgIpc) is 2.64. The Labute approximate surface area is 136 Å². The Morgan fingerprint density at radius 3 is 1.83 bits per heavy atom. The largest absolute Gasteiger partial charge is 0.494 e. The molecular weight excluding hydrogens is 282 g/mol. The Kier molecular flexibility index (Phi) is 4.68. The number of methoxy groups -OCH3 is 1. The third kappa shape index (κ3) is 3.57. The Morgan fingerprint density at radius 2 is 1.26 bits per heavy atom. The molecule has 0 aliphatic heterocycles. The summed E-state index contributed by atoms with van der Waals surface area (Å²) in [5.74, 6) is 3.94. The van der Waals surface area contributed by atoms with Crippen LogP contribution in [0.1, 0.15) is 11.1 Å². The van der Waals surface area contributed by atoms with Gasteiger partial charge in [-0.05, 0) is 29.1 Å². The molecule has 0 heterocycles. The first kappa shape index (κ1) is 14.8. The molecule has 2 heteroatoms. The minimum Gasteiger partial charge on any atom is -0.494 e. The van der Waals surface area contributed by atoms with Gasteiger partial charge in [-0.2, -0.15) is 0 Å². The molecule has 3 aromatic carbocycles. The zero-order valence-corrected chi connectivity index (χ0v) is 12.9. The second-order valence-corrected chi connectivity index (χ2v) is 5.00. The molecule has 112 valence electrons. The van der Waals surface area contributed by atoms with Gasteiger partial charge in [-0.25, -0.2) is 4.99 Å². The first-order valence-corrected chi connectivity index (χ1v) is 7.46. The lowest BCUT2D eigenvalue weighted by molar-refractivity contribution is 0.416. The summed E-state index contributed by atoms with van der Waals surface area (Å²) < 4.78 is 5.35. The molecule has 0 saturated heterocycles. The number of ether oxygens (including phenoxy) is 1. The van der Waals surface area contributed by atoms with E-state index in [2.05, 4.69) is 35.1 Å². The molecule has 0 saturated carbocycles. The van der Waals surface area contributed by atoms with Crippen LogP contribution in [0.4, 0.5) is 5.69 Å². The third-order valence-electron chi connectivity index (χ3n) is 3.50. The van der Waals surface area contributed by atoms with Gasteiger partial charge >= 0.3 is 0 Å². The number of aliphatic imine (C=N–C) groups is 1. The molecule has 2 nitrogen and oxygen atoms in total. The van der Waals surface area contributed by atoms with E-state index < -0.39 is 0 Å². The van der Waals surface area contributed by atoms with Crippen LogP contribution in [0, 0.1) is 0 Å². The molecule has 0 radical (unpaired) electrons. The highest BCUT2D eigenvalue weighted by atomic mass is 16.5. The second-order valence-electron chi connectivity index (χ2n) is 5.00. The Balaban J connectivity index is 2.14. The predicted octanol–water partition coefficient (Wildman–Crippen LogP) is 5.13. The van der Waals surface area contributed by atoms with Crippen LogP contribution in [0.5, 0.6) is 5.75 Å². The second kappa shape index (κ2) is 7.26. The van der Waals surface area contributed by atoms with Crippen molar-refractivity contribution in [1.82, 2.24) is 0 Å². The minimum absolute atomic E-state index is 0.737. The number of benzene rings is 3. The summed E-state index contributed by atoms with van der Waals surface area (Å²) in [6.45, 7) is 0. The van der Waals surface area contributed by atoms with E-state index in [0.717, 1.165) is 28.1 Å². The van der Waals surface area contributed by atoms with E-state index in [9.17, 15) is 0 Å². The Bertz CT molecular complexity index is 790. The lowest BCUT2D eigenvalue weighted by atomic mass is 9.99. The van der Waals surface area contributed by atoms with Crippen LogP contribution >= 0.6 is 0 Å². The number of hydrogen-bond acceptors (Lipinski definition) is 2. The SMILES string of the molecule is COc1ccccc1N=C=C(c1ccccc1)c1ccccc1. The van der Waals surface area contributed by atoms with Gasteiger partial charge in [0.05, 0.1) is 12.7 Å². The molecule has 0 aromatic heterocycles. The highest BCUT2D eigenvalue weighted by Crippen LogP contribution is 2.27. The van der Waals surface area contributed by atoms with Gasteiger partial charge in [0.15, 0.2) is 0 Å². The van der Waals surface area contributed by atoms with E-state index in [1.54, 1.807) is 7.11 Å². The van der Waals surface area contributed by atoms with Crippen molar-refractivity contribution >= 4 is 17.1 Å². The van der Waals surface area contributed by atoms with Crippen molar-refractivity contribution in [3.63, 3.8) is 0 Å². The topological polar surface area (TPSA) is 21.6 Å². The van der Waals surface area contributed by atoms with E-state index in [1.807, 2.05) is 60.7 Å². The van der Waals surface area contributed by atoms with E-state index in [0.29, 0.717) is 0 Å². The summed E-state index contributed by atoms with van der Waals surface area (Å²) in [6, 6.07) is 28.0. The Hall–Kier alpha value is -3.09. The Morgan fingerprint density at radius 1 is 0.739 bits per heavy atom. The fraction of sp³-hybridized carbons (Fsp3) is 0.0476. The van der Waals surface area contributed by atoms with Gasteiger partial charge in [0, 0.05) is 0 Å². The lowest BCUT2D eigenvalue weighted by Crippen LogP contribution is -1.88. The van der Waals surface area contributed by atoms with Gasteiger partial charge in [-0.15, -0.1) is 0 Å². The van der Waals surface area contributed by atoms with Gasteiger partial charge in [0.1, 0.15) is 11.4 Å². The van der Waals surface area contributed by atoms with Crippen molar-refractivity contribution in [2.45, 2.75) is 0 Å². The number of para-hydroxylation sites is 2. The molecule has 0 fully saturated rings. The molecule has 0 amide bonds. The summed E-state index contributed by atoms with van der Waals surface area (Å²) in [5, 5.41) is 0. The minimum atomic E-state index is 0.737. The van der Waals surface area contributed by atoms with Crippen molar-refractivity contribution in [2.24, 2.45) is 4.99 Å². The van der Waals surface area contributed by atoms with Crippen molar-refractivity contribution in [3.05, 3.63) is 96.1 Å². The number of hydrogen-bond donors (Lipinski definition) is 0. The van der Waals surface area contributed by atoms with Gasteiger partial charge in [0.25, 0.3) is 0 Å². The van der Waals surface area contributed by atoms with Crippen molar-refractivity contribution in [2.75, 3.05) is 7.11 Å². The van der Waals surface area contributed by atoms with Gasteiger partial charge in [0.2, 0.25) is 0 Å². The van der Waals surface area contributed by atoms with Crippen LogP contribution < -0.4 is 4.74 Å². The summed E-state index contributed by atoms with van der Waals surface area (Å²) >= 11 is 0. The number of nitrogens with zero attached hydrogens (tertiary/aromatic N) is 1. The first-order chi connectivity index (χ1) is 11.4. The molecule has 0 N–H and O–H groups in total. The quantitative estimate of drug-likeness (QED) is 0.612. The molecule has 0 bridgehead atoms. The molecule has 0 spiro atoms. The maximum atomic E-state index is 5.35. The normalized spacial score (nSPS) is 9.78. The van der Waals surface area contributed by atoms with E-state index >= 15 is 0 Å². The molecular formula is C21H17NO. The molecule has 0 aliphatic carbocycles. The highest BCUT2D eigenvalue weighted by molar-refractivity contribution is 5.99. The lowest BCUT2D eigenvalue weighted by Gasteiger charge is -2.05. The molecule has 23 heavy (non-hydrogen) atoms. The molecule has 0 atom stereocenters. The maximum Gasteiger partial charge on any atom is 0.145 e. The van der Waals surface area contributed by atoms with E-state index in [-0.39, 0.29) is 0 Å².